The van der Waals surface area contributed by atoms with Crippen molar-refractivity contribution in [1.82, 2.24) is 23.9 Å². The molecule has 1 saturated heterocycles. The monoisotopic (exact) mass is 584 g/mol. The molecule has 3 aromatic heterocycles. The number of nitrogens with zero attached hydrogens (tertiary/aromatic N) is 5. The summed E-state index contributed by atoms with van der Waals surface area (Å²) >= 11 is 0. The molecule has 0 atom stereocenters. The van der Waals surface area contributed by atoms with E-state index >= 15 is 0 Å². The molecular weight excluding hydrogens is 553 g/mol. The van der Waals surface area contributed by atoms with Crippen molar-refractivity contribution in [2.24, 2.45) is 0 Å². The maximum atomic E-state index is 13.4. The number of rotatable bonds is 7. The van der Waals surface area contributed by atoms with Crippen LogP contribution in [0.5, 0.6) is 0 Å². The zero-order chi connectivity index (χ0) is 29.0. The fourth-order valence-corrected chi connectivity index (χ4v) is 6.98. The Balaban J connectivity index is 1.09. The number of nitrogens with one attached hydrogen (secondary N) is 1. The van der Waals surface area contributed by atoms with Gasteiger partial charge in [-0.1, -0.05) is 32.0 Å². The number of alkyl halides is 3. The van der Waals surface area contributed by atoms with E-state index in [1.165, 1.54) is 16.6 Å². The molecule has 12 heteroatoms. The van der Waals surface area contributed by atoms with Gasteiger partial charge in [-0.3, -0.25) is 4.40 Å². The van der Waals surface area contributed by atoms with Crippen LogP contribution in [0.4, 0.5) is 19.0 Å². The highest BCUT2D eigenvalue weighted by Crippen LogP contribution is 2.58. The van der Waals surface area contributed by atoms with Gasteiger partial charge in [-0.15, -0.1) is 10.2 Å². The minimum atomic E-state index is -4.27. The molecule has 2 aliphatic rings. The summed E-state index contributed by atoms with van der Waals surface area (Å²) in [6.45, 7) is 4.78. The molecule has 0 spiro atoms. The number of sulfonamides is 1. The van der Waals surface area contributed by atoms with Gasteiger partial charge in [-0.25, -0.2) is 13.4 Å². The van der Waals surface area contributed by atoms with Gasteiger partial charge in [0.05, 0.1) is 10.3 Å². The molecule has 1 aromatic carbocycles. The average Bonchev–Trinajstić information content (AvgIpc) is 3.67. The second-order valence-corrected chi connectivity index (χ2v) is 13.2. The molecule has 1 aliphatic carbocycles. The van der Waals surface area contributed by atoms with Gasteiger partial charge in [0.1, 0.15) is 11.6 Å². The lowest BCUT2D eigenvalue weighted by Gasteiger charge is -2.32. The molecule has 4 aromatic rings. The molecule has 0 bridgehead atoms. The van der Waals surface area contributed by atoms with Crippen molar-refractivity contribution in [2.75, 3.05) is 18.4 Å². The van der Waals surface area contributed by atoms with Crippen molar-refractivity contribution < 1.29 is 21.6 Å². The number of fused-ring (bicyclic) bond motifs is 1. The van der Waals surface area contributed by atoms with Gasteiger partial charge in [0.15, 0.2) is 5.65 Å². The first kappa shape index (κ1) is 27.6. The summed E-state index contributed by atoms with van der Waals surface area (Å²) in [5.74, 6) is 1.57. The van der Waals surface area contributed by atoms with Crippen molar-refractivity contribution >= 4 is 21.5 Å². The predicted octanol–water partition coefficient (Wildman–Crippen LogP) is 5.77. The first-order chi connectivity index (χ1) is 19.5. The lowest BCUT2D eigenvalue weighted by Crippen LogP contribution is -2.42. The molecule has 1 saturated carbocycles. The van der Waals surface area contributed by atoms with Crippen molar-refractivity contribution in [3.05, 3.63) is 72.3 Å². The Morgan fingerprint density at radius 1 is 0.951 bits per heavy atom. The second-order valence-electron chi connectivity index (χ2n) is 11.2. The summed E-state index contributed by atoms with van der Waals surface area (Å²) in [6, 6.07) is 13.8. The van der Waals surface area contributed by atoms with Gasteiger partial charge in [0, 0.05) is 37.4 Å². The topological polar surface area (TPSA) is 92.5 Å². The van der Waals surface area contributed by atoms with E-state index in [0.29, 0.717) is 31.7 Å². The summed E-state index contributed by atoms with van der Waals surface area (Å²) < 4.78 is 70.3. The van der Waals surface area contributed by atoms with Crippen LogP contribution in [0.25, 0.3) is 16.8 Å². The fourth-order valence-electron chi connectivity index (χ4n) is 5.51. The van der Waals surface area contributed by atoms with E-state index in [0.717, 1.165) is 22.6 Å². The lowest BCUT2D eigenvalue weighted by atomic mass is 9.97. The molecular formula is C29H31F3N6O2S. The number of hydrogen-bond donors (Lipinski definition) is 1. The molecule has 4 heterocycles. The van der Waals surface area contributed by atoms with Gasteiger partial charge >= 0.3 is 6.18 Å². The molecule has 0 unspecified atom stereocenters. The van der Waals surface area contributed by atoms with Crippen LogP contribution in [0.15, 0.2) is 65.8 Å². The van der Waals surface area contributed by atoms with E-state index in [4.69, 9.17) is 0 Å². The van der Waals surface area contributed by atoms with Gasteiger partial charge in [0.25, 0.3) is 0 Å². The molecule has 1 N–H and O–H groups in total. The van der Waals surface area contributed by atoms with Gasteiger partial charge in [-0.05, 0) is 72.7 Å². The van der Waals surface area contributed by atoms with Crippen LogP contribution < -0.4 is 5.32 Å². The number of piperidine rings is 1. The van der Waals surface area contributed by atoms with E-state index in [9.17, 15) is 21.6 Å². The first-order valence-electron chi connectivity index (χ1n) is 13.7. The van der Waals surface area contributed by atoms with Crippen LogP contribution in [-0.2, 0) is 15.4 Å². The van der Waals surface area contributed by atoms with Crippen molar-refractivity contribution in [2.45, 2.75) is 68.0 Å². The largest absolute Gasteiger partial charge is 0.398 e. The Morgan fingerprint density at radius 2 is 1.63 bits per heavy atom. The molecule has 0 amide bonds. The normalized spacial score (nSPS) is 18.2. The third kappa shape index (κ3) is 5.07. The lowest BCUT2D eigenvalue weighted by molar-refractivity contribution is -0.160. The molecule has 216 valence electrons. The standard InChI is InChI=1S/C29H31F3N6O2S/c1-19(2)27-36-35-26-10-5-21(18-38(26)27)20-3-7-24(8-4-20)41(39,40)37-15-11-23(12-16-37)34-25-9-6-22(17-33-25)28(13-14-28)29(30,31)32/h3-10,17-19,23H,11-16H2,1-2H3,(H,33,34). The maximum Gasteiger partial charge on any atom is 0.398 e. The zero-order valence-electron chi connectivity index (χ0n) is 22.8. The Bertz CT molecular complexity index is 1660. The Kier molecular flexibility index (Phi) is 6.80. The molecule has 41 heavy (non-hydrogen) atoms. The van der Waals surface area contributed by atoms with Gasteiger partial charge in [0.2, 0.25) is 10.0 Å². The number of aromatic nitrogens is 4. The van der Waals surface area contributed by atoms with Crippen molar-refractivity contribution in [1.29, 1.82) is 0 Å². The van der Waals surface area contributed by atoms with E-state index in [1.807, 2.05) is 34.9 Å². The maximum absolute atomic E-state index is 13.4. The van der Waals surface area contributed by atoms with Gasteiger partial charge in [-0.2, -0.15) is 17.5 Å². The van der Waals surface area contributed by atoms with Crippen LogP contribution in [-0.4, -0.2) is 57.6 Å². The highest BCUT2D eigenvalue weighted by atomic mass is 32.2. The first-order valence-corrected chi connectivity index (χ1v) is 15.2. The highest BCUT2D eigenvalue weighted by molar-refractivity contribution is 7.89. The minimum absolute atomic E-state index is 0.0250. The quantitative estimate of drug-likeness (QED) is 0.296. The van der Waals surface area contributed by atoms with Crippen molar-refractivity contribution in [3.8, 4) is 11.1 Å². The Hall–Kier alpha value is -3.51. The minimum Gasteiger partial charge on any atom is -0.367 e. The smallest absolute Gasteiger partial charge is 0.367 e. The van der Waals surface area contributed by atoms with Crippen molar-refractivity contribution in [3.63, 3.8) is 0 Å². The van der Waals surface area contributed by atoms with Crippen LogP contribution >= 0.6 is 0 Å². The predicted molar refractivity (Wildman–Crippen MR) is 149 cm³/mol. The number of hydrogen-bond acceptors (Lipinski definition) is 6. The summed E-state index contributed by atoms with van der Waals surface area (Å²) in [7, 11) is -3.67. The Labute approximate surface area is 236 Å². The molecule has 0 radical (unpaired) electrons. The van der Waals surface area contributed by atoms with Crippen LogP contribution in [0, 0.1) is 0 Å². The second kappa shape index (κ2) is 10.1. The summed E-state index contributed by atoms with van der Waals surface area (Å²) in [6.07, 6.45) is 0.312. The third-order valence-corrected chi connectivity index (χ3v) is 10.1. The van der Waals surface area contributed by atoms with E-state index in [-0.39, 0.29) is 35.3 Å². The van der Waals surface area contributed by atoms with E-state index < -0.39 is 21.6 Å². The van der Waals surface area contributed by atoms with Crippen LogP contribution in [0.1, 0.15) is 56.8 Å². The summed E-state index contributed by atoms with van der Waals surface area (Å²) in [5.41, 5.74) is 1.03. The molecule has 6 rings (SSSR count). The van der Waals surface area contributed by atoms with E-state index in [2.05, 4.69) is 34.3 Å². The van der Waals surface area contributed by atoms with Gasteiger partial charge < -0.3 is 5.32 Å². The third-order valence-electron chi connectivity index (χ3n) is 8.19. The number of halogens is 3. The Morgan fingerprint density at radius 3 is 2.22 bits per heavy atom. The summed E-state index contributed by atoms with van der Waals surface area (Å²) in [5, 5.41) is 11.7. The molecule has 8 nitrogen and oxygen atoms in total. The zero-order valence-corrected chi connectivity index (χ0v) is 23.6. The average molecular weight is 585 g/mol. The number of benzene rings is 1. The number of pyridine rings is 2. The molecule has 2 fully saturated rings. The molecule has 1 aliphatic heterocycles. The van der Waals surface area contributed by atoms with Crippen LogP contribution in [0.2, 0.25) is 0 Å². The number of anilines is 1. The summed E-state index contributed by atoms with van der Waals surface area (Å²) in [4.78, 5) is 4.45. The SMILES string of the molecule is CC(C)c1nnc2ccc(-c3ccc(S(=O)(=O)N4CCC(Nc5ccc(C6(C(F)(F)F)CC6)cn5)CC4)cc3)cn12. The van der Waals surface area contributed by atoms with Crippen LogP contribution in [0.3, 0.4) is 0 Å². The fraction of sp³-hybridized carbons (Fsp3) is 0.414. The highest BCUT2D eigenvalue weighted by Gasteiger charge is 2.64. The van der Waals surface area contributed by atoms with E-state index in [1.54, 1.807) is 18.2 Å².